The van der Waals surface area contributed by atoms with E-state index < -0.39 is 11.8 Å². The van der Waals surface area contributed by atoms with Crippen LogP contribution in [0.1, 0.15) is 25.5 Å². The minimum atomic E-state index is -0.749. The van der Waals surface area contributed by atoms with Crippen LogP contribution >= 0.6 is 0 Å². The summed E-state index contributed by atoms with van der Waals surface area (Å²) in [5, 5.41) is 5.16. The molecule has 0 saturated carbocycles. The first-order valence-corrected chi connectivity index (χ1v) is 7.96. The van der Waals surface area contributed by atoms with Crippen molar-refractivity contribution in [3.63, 3.8) is 0 Å². The van der Waals surface area contributed by atoms with E-state index in [4.69, 9.17) is 4.74 Å². The number of hydrogen-bond donors (Lipinski definition) is 2. The molecule has 1 aliphatic heterocycles. The van der Waals surface area contributed by atoms with Gasteiger partial charge in [0.15, 0.2) is 0 Å². The molecule has 130 valence electrons. The number of likely N-dealkylation sites (tertiary alicyclic amines) is 1. The monoisotopic (exact) mass is 334 g/mol. The van der Waals surface area contributed by atoms with Crippen LogP contribution in [0.15, 0.2) is 18.2 Å². The molecule has 8 nitrogen and oxygen atoms in total. The van der Waals surface area contributed by atoms with E-state index in [1.807, 2.05) is 0 Å². The van der Waals surface area contributed by atoms with Crippen LogP contribution in [0.5, 0.6) is 0 Å². The molecule has 0 atom stereocenters. The van der Waals surface area contributed by atoms with Crippen LogP contribution in [0.4, 0.5) is 10.6 Å². The number of amides is 3. The van der Waals surface area contributed by atoms with E-state index >= 15 is 0 Å². The van der Waals surface area contributed by atoms with Gasteiger partial charge in [-0.05, 0) is 38.8 Å². The summed E-state index contributed by atoms with van der Waals surface area (Å²) in [6, 6.07) is 5.03. The van der Waals surface area contributed by atoms with Gasteiger partial charge in [0.1, 0.15) is 5.82 Å². The Kier molecular flexibility index (Phi) is 6.11. The van der Waals surface area contributed by atoms with E-state index in [-0.39, 0.29) is 12.1 Å². The van der Waals surface area contributed by atoms with Crippen LogP contribution in [0.25, 0.3) is 0 Å². The molecule has 2 rings (SSSR count). The van der Waals surface area contributed by atoms with Gasteiger partial charge in [0.25, 0.3) is 0 Å². The fourth-order valence-corrected chi connectivity index (χ4v) is 2.46. The fourth-order valence-electron chi connectivity index (χ4n) is 2.46. The molecule has 1 saturated heterocycles. The van der Waals surface area contributed by atoms with Crippen molar-refractivity contribution in [1.82, 2.24) is 15.2 Å². The maximum Gasteiger partial charge on any atom is 0.409 e. The molecule has 2 heterocycles. The van der Waals surface area contributed by atoms with Crippen molar-refractivity contribution in [2.24, 2.45) is 0 Å². The van der Waals surface area contributed by atoms with Crippen molar-refractivity contribution < 1.29 is 19.1 Å². The van der Waals surface area contributed by atoms with Crippen molar-refractivity contribution in [2.45, 2.75) is 32.7 Å². The average molecular weight is 334 g/mol. The quantitative estimate of drug-likeness (QED) is 0.805. The van der Waals surface area contributed by atoms with Gasteiger partial charge in [-0.25, -0.2) is 9.78 Å². The van der Waals surface area contributed by atoms with Crippen LogP contribution in [0, 0.1) is 6.92 Å². The molecular weight excluding hydrogens is 312 g/mol. The number of nitrogens with one attached hydrogen (secondary N) is 2. The molecule has 1 aromatic heterocycles. The van der Waals surface area contributed by atoms with Gasteiger partial charge in [-0.1, -0.05) is 6.07 Å². The lowest BCUT2D eigenvalue weighted by atomic mass is 10.1. The number of piperidine rings is 1. The lowest BCUT2D eigenvalue weighted by molar-refractivity contribution is -0.136. The highest BCUT2D eigenvalue weighted by Gasteiger charge is 2.26. The molecule has 0 bridgehead atoms. The lowest BCUT2D eigenvalue weighted by Crippen LogP contribution is -2.49. The number of ether oxygens (including phenoxy) is 1. The van der Waals surface area contributed by atoms with Gasteiger partial charge in [0.05, 0.1) is 6.61 Å². The molecule has 1 fully saturated rings. The predicted octanol–water partition coefficient (Wildman–Crippen LogP) is 1.07. The highest BCUT2D eigenvalue weighted by molar-refractivity contribution is 6.39. The largest absolute Gasteiger partial charge is 0.450 e. The van der Waals surface area contributed by atoms with Crippen molar-refractivity contribution in [2.75, 3.05) is 25.0 Å². The average Bonchev–Trinajstić information content (AvgIpc) is 2.55. The SMILES string of the molecule is CCOC(=O)N1CCC(NC(=O)C(=O)Nc2cccc(C)n2)CC1. The first kappa shape index (κ1) is 17.7. The zero-order valence-electron chi connectivity index (χ0n) is 13.9. The molecule has 24 heavy (non-hydrogen) atoms. The third-order valence-electron chi connectivity index (χ3n) is 3.69. The minimum absolute atomic E-state index is 0.139. The number of pyridine rings is 1. The van der Waals surface area contributed by atoms with Gasteiger partial charge in [0.2, 0.25) is 0 Å². The Morgan fingerprint density at radius 3 is 2.58 bits per heavy atom. The van der Waals surface area contributed by atoms with Crippen molar-refractivity contribution in [3.8, 4) is 0 Å². The molecule has 8 heteroatoms. The van der Waals surface area contributed by atoms with E-state index in [2.05, 4.69) is 15.6 Å². The topological polar surface area (TPSA) is 101 Å². The molecule has 0 spiro atoms. The fraction of sp³-hybridized carbons (Fsp3) is 0.500. The molecular formula is C16H22N4O4. The van der Waals surface area contributed by atoms with Gasteiger partial charge in [0, 0.05) is 24.8 Å². The zero-order valence-corrected chi connectivity index (χ0v) is 13.9. The maximum absolute atomic E-state index is 12.0. The van der Waals surface area contributed by atoms with Crippen LogP contribution in [-0.2, 0) is 14.3 Å². The number of hydrogen-bond acceptors (Lipinski definition) is 5. The van der Waals surface area contributed by atoms with Crippen LogP contribution in [-0.4, -0.2) is 53.5 Å². The second kappa shape index (κ2) is 8.28. The minimum Gasteiger partial charge on any atom is -0.450 e. The van der Waals surface area contributed by atoms with E-state index in [1.54, 1.807) is 36.9 Å². The maximum atomic E-state index is 12.0. The molecule has 0 unspecified atom stereocenters. The highest BCUT2D eigenvalue weighted by atomic mass is 16.6. The second-order valence-corrected chi connectivity index (χ2v) is 5.55. The third-order valence-corrected chi connectivity index (χ3v) is 3.69. The Morgan fingerprint density at radius 2 is 1.96 bits per heavy atom. The second-order valence-electron chi connectivity index (χ2n) is 5.55. The smallest absolute Gasteiger partial charge is 0.409 e. The number of carbonyl (C=O) groups is 3. The summed E-state index contributed by atoms with van der Waals surface area (Å²) in [6.45, 7) is 4.87. The first-order chi connectivity index (χ1) is 11.5. The number of aromatic nitrogens is 1. The van der Waals surface area contributed by atoms with E-state index in [0.29, 0.717) is 38.4 Å². The Labute approximate surface area is 140 Å². The lowest BCUT2D eigenvalue weighted by Gasteiger charge is -2.31. The number of anilines is 1. The van der Waals surface area contributed by atoms with Gasteiger partial charge in [-0.2, -0.15) is 0 Å². The third kappa shape index (κ3) is 4.94. The van der Waals surface area contributed by atoms with Crippen LogP contribution in [0.2, 0.25) is 0 Å². The van der Waals surface area contributed by atoms with E-state index in [1.165, 1.54) is 0 Å². The molecule has 3 amide bonds. The summed E-state index contributed by atoms with van der Waals surface area (Å²) in [5.41, 5.74) is 0.750. The van der Waals surface area contributed by atoms with E-state index in [0.717, 1.165) is 5.69 Å². The number of nitrogens with zero attached hydrogens (tertiary/aromatic N) is 2. The van der Waals surface area contributed by atoms with Crippen molar-refractivity contribution >= 4 is 23.7 Å². The predicted molar refractivity (Wildman–Crippen MR) is 87.4 cm³/mol. The highest BCUT2D eigenvalue weighted by Crippen LogP contribution is 2.11. The molecule has 2 N–H and O–H groups in total. The number of rotatable bonds is 3. The molecule has 0 aliphatic carbocycles. The normalized spacial score (nSPS) is 14.8. The van der Waals surface area contributed by atoms with Crippen molar-refractivity contribution in [3.05, 3.63) is 23.9 Å². The summed E-state index contributed by atoms with van der Waals surface area (Å²) < 4.78 is 4.94. The van der Waals surface area contributed by atoms with Crippen molar-refractivity contribution in [1.29, 1.82) is 0 Å². The van der Waals surface area contributed by atoms with Gasteiger partial charge >= 0.3 is 17.9 Å². The summed E-state index contributed by atoms with van der Waals surface area (Å²) in [4.78, 5) is 41.2. The molecule has 0 aromatic carbocycles. The Balaban J connectivity index is 1.78. The molecule has 1 aromatic rings. The molecule has 0 radical (unpaired) electrons. The number of aryl methyl sites for hydroxylation is 1. The van der Waals surface area contributed by atoms with Gasteiger partial charge in [-0.3, -0.25) is 9.59 Å². The summed E-state index contributed by atoms with van der Waals surface area (Å²) in [6.07, 6.45) is 0.826. The zero-order chi connectivity index (χ0) is 17.5. The Bertz CT molecular complexity index is 612. The van der Waals surface area contributed by atoms with Gasteiger partial charge in [-0.15, -0.1) is 0 Å². The van der Waals surface area contributed by atoms with E-state index in [9.17, 15) is 14.4 Å². The Hall–Kier alpha value is -2.64. The summed E-state index contributed by atoms with van der Waals surface area (Å²) >= 11 is 0. The summed E-state index contributed by atoms with van der Waals surface area (Å²) in [5.74, 6) is -1.11. The standard InChI is InChI=1S/C16H22N4O4/c1-3-24-16(23)20-9-7-12(8-10-20)18-14(21)15(22)19-13-6-4-5-11(2)17-13/h4-6,12H,3,7-10H2,1-2H3,(H,18,21)(H,17,19,22). The summed E-state index contributed by atoms with van der Waals surface area (Å²) in [7, 11) is 0. The number of carbonyl (C=O) groups excluding carboxylic acids is 3. The van der Waals surface area contributed by atoms with Crippen LogP contribution in [0.3, 0.4) is 0 Å². The Morgan fingerprint density at radius 1 is 1.25 bits per heavy atom. The first-order valence-electron chi connectivity index (χ1n) is 7.96. The van der Waals surface area contributed by atoms with Gasteiger partial charge < -0.3 is 20.3 Å². The van der Waals surface area contributed by atoms with Crippen LogP contribution < -0.4 is 10.6 Å². The molecule has 1 aliphatic rings.